The summed E-state index contributed by atoms with van der Waals surface area (Å²) < 4.78 is 0. The van der Waals surface area contributed by atoms with E-state index in [1.807, 2.05) is 18.2 Å². The van der Waals surface area contributed by atoms with Crippen molar-refractivity contribution in [3.05, 3.63) is 59.7 Å². The lowest BCUT2D eigenvalue weighted by Gasteiger charge is -2.16. The molecular formula is C17H18N4O. The highest BCUT2D eigenvalue weighted by molar-refractivity contribution is 5.97. The van der Waals surface area contributed by atoms with Gasteiger partial charge >= 0.3 is 0 Å². The molecule has 1 heterocycles. The summed E-state index contributed by atoms with van der Waals surface area (Å²) in [4.78, 5) is 12.3. The number of amides is 1. The predicted octanol–water partition coefficient (Wildman–Crippen LogP) is 2.88. The van der Waals surface area contributed by atoms with Crippen LogP contribution in [0.4, 0.5) is 0 Å². The first-order valence-corrected chi connectivity index (χ1v) is 7.41. The number of carbonyl (C=O) groups excluding carboxylic acids is 1. The van der Waals surface area contributed by atoms with Crippen molar-refractivity contribution in [3.8, 4) is 0 Å². The maximum atomic E-state index is 12.3. The Kier molecular flexibility index (Phi) is 4.14. The molecule has 0 radical (unpaired) electrons. The molecule has 0 aliphatic heterocycles. The molecule has 0 saturated heterocycles. The Labute approximate surface area is 128 Å². The van der Waals surface area contributed by atoms with Crippen LogP contribution in [-0.4, -0.2) is 27.9 Å². The second-order valence-corrected chi connectivity index (χ2v) is 5.25. The molecule has 5 nitrogen and oxygen atoms in total. The van der Waals surface area contributed by atoms with Crippen LogP contribution >= 0.6 is 0 Å². The molecule has 2 N–H and O–H groups in total. The third-order valence-corrected chi connectivity index (χ3v) is 3.85. The quantitative estimate of drug-likeness (QED) is 0.760. The SMILES string of the molecule is CCC(CNC(=O)c1ccc2n[nH]nc2c1)c1ccccc1. The van der Waals surface area contributed by atoms with Crippen LogP contribution in [0.2, 0.25) is 0 Å². The van der Waals surface area contributed by atoms with Crippen LogP contribution in [0.15, 0.2) is 48.5 Å². The van der Waals surface area contributed by atoms with Gasteiger partial charge in [0.1, 0.15) is 11.0 Å². The largest absolute Gasteiger partial charge is 0.351 e. The number of nitrogens with one attached hydrogen (secondary N) is 2. The minimum Gasteiger partial charge on any atom is -0.351 e. The lowest BCUT2D eigenvalue weighted by molar-refractivity contribution is 0.0951. The normalized spacial score (nSPS) is 12.2. The van der Waals surface area contributed by atoms with Gasteiger partial charge in [0.2, 0.25) is 0 Å². The number of hydrogen-bond acceptors (Lipinski definition) is 3. The number of aromatic nitrogens is 3. The Morgan fingerprint density at radius 3 is 2.68 bits per heavy atom. The molecule has 3 rings (SSSR count). The lowest BCUT2D eigenvalue weighted by atomic mass is 9.96. The fraction of sp³-hybridized carbons (Fsp3) is 0.235. The third kappa shape index (κ3) is 2.98. The first kappa shape index (κ1) is 14.3. The highest BCUT2D eigenvalue weighted by Crippen LogP contribution is 2.18. The number of carbonyl (C=O) groups is 1. The predicted molar refractivity (Wildman–Crippen MR) is 85.7 cm³/mol. The molecule has 1 atom stereocenters. The van der Waals surface area contributed by atoms with Crippen molar-refractivity contribution in [2.24, 2.45) is 0 Å². The van der Waals surface area contributed by atoms with Gasteiger partial charge in [0.15, 0.2) is 0 Å². The van der Waals surface area contributed by atoms with E-state index in [0.717, 1.165) is 11.9 Å². The van der Waals surface area contributed by atoms with Gasteiger partial charge in [-0.2, -0.15) is 15.4 Å². The molecule has 1 amide bonds. The van der Waals surface area contributed by atoms with Gasteiger partial charge in [-0.05, 0) is 30.2 Å². The molecule has 0 spiro atoms. The summed E-state index contributed by atoms with van der Waals surface area (Å²) in [6.07, 6.45) is 0.979. The minimum absolute atomic E-state index is 0.0840. The summed E-state index contributed by atoms with van der Waals surface area (Å²) in [6.45, 7) is 2.75. The number of nitrogens with zero attached hydrogens (tertiary/aromatic N) is 2. The average molecular weight is 294 g/mol. The van der Waals surface area contributed by atoms with E-state index in [-0.39, 0.29) is 5.91 Å². The number of aromatic amines is 1. The second kappa shape index (κ2) is 6.39. The third-order valence-electron chi connectivity index (χ3n) is 3.85. The van der Waals surface area contributed by atoms with Crippen LogP contribution in [0.5, 0.6) is 0 Å². The van der Waals surface area contributed by atoms with Crippen molar-refractivity contribution in [3.63, 3.8) is 0 Å². The first-order valence-electron chi connectivity index (χ1n) is 7.41. The molecule has 0 bridgehead atoms. The standard InChI is InChI=1S/C17H18N4O/c1-2-12(13-6-4-3-5-7-13)11-18-17(22)14-8-9-15-16(10-14)20-21-19-15/h3-10,12H,2,11H2,1H3,(H,18,22)(H,19,20,21). The smallest absolute Gasteiger partial charge is 0.251 e. The zero-order valence-electron chi connectivity index (χ0n) is 12.4. The van der Waals surface area contributed by atoms with Gasteiger partial charge in [-0.25, -0.2) is 0 Å². The lowest BCUT2D eigenvalue weighted by Crippen LogP contribution is -2.28. The molecule has 0 fully saturated rings. The van der Waals surface area contributed by atoms with E-state index < -0.39 is 0 Å². The van der Waals surface area contributed by atoms with Crippen LogP contribution in [0, 0.1) is 0 Å². The van der Waals surface area contributed by atoms with E-state index >= 15 is 0 Å². The Morgan fingerprint density at radius 1 is 1.14 bits per heavy atom. The Balaban J connectivity index is 1.68. The Hall–Kier alpha value is -2.69. The number of fused-ring (bicyclic) bond motifs is 1. The summed E-state index contributed by atoms with van der Waals surface area (Å²) in [7, 11) is 0. The Bertz CT molecular complexity index is 766. The molecule has 1 unspecified atom stereocenters. The van der Waals surface area contributed by atoms with Crippen molar-refractivity contribution in [2.45, 2.75) is 19.3 Å². The van der Waals surface area contributed by atoms with E-state index in [4.69, 9.17) is 0 Å². The maximum absolute atomic E-state index is 12.3. The molecule has 1 aromatic heterocycles. The van der Waals surface area contributed by atoms with Gasteiger partial charge in [-0.3, -0.25) is 4.79 Å². The number of hydrogen-bond donors (Lipinski definition) is 2. The van der Waals surface area contributed by atoms with E-state index in [2.05, 4.69) is 39.8 Å². The van der Waals surface area contributed by atoms with Crippen LogP contribution < -0.4 is 5.32 Å². The number of benzene rings is 2. The van der Waals surface area contributed by atoms with E-state index in [0.29, 0.717) is 23.5 Å². The highest BCUT2D eigenvalue weighted by atomic mass is 16.1. The molecule has 0 aliphatic carbocycles. The summed E-state index contributed by atoms with van der Waals surface area (Å²) in [6, 6.07) is 15.6. The van der Waals surface area contributed by atoms with Crippen LogP contribution in [0.1, 0.15) is 35.2 Å². The summed E-state index contributed by atoms with van der Waals surface area (Å²) in [5.74, 6) is 0.236. The van der Waals surface area contributed by atoms with Gasteiger partial charge in [0.05, 0.1) is 0 Å². The van der Waals surface area contributed by atoms with Crippen molar-refractivity contribution >= 4 is 16.9 Å². The summed E-state index contributed by atoms with van der Waals surface area (Å²) in [5, 5.41) is 13.5. The van der Waals surface area contributed by atoms with Crippen molar-refractivity contribution in [1.82, 2.24) is 20.7 Å². The van der Waals surface area contributed by atoms with E-state index in [1.165, 1.54) is 5.56 Å². The van der Waals surface area contributed by atoms with E-state index in [9.17, 15) is 4.79 Å². The second-order valence-electron chi connectivity index (χ2n) is 5.25. The van der Waals surface area contributed by atoms with Crippen LogP contribution in [0.3, 0.4) is 0 Å². The molecule has 112 valence electrons. The fourth-order valence-corrected chi connectivity index (χ4v) is 2.52. The highest BCUT2D eigenvalue weighted by Gasteiger charge is 2.12. The van der Waals surface area contributed by atoms with Crippen LogP contribution in [-0.2, 0) is 0 Å². The summed E-state index contributed by atoms with van der Waals surface area (Å²) >= 11 is 0. The van der Waals surface area contributed by atoms with Crippen LogP contribution in [0.25, 0.3) is 11.0 Å². The zero-order valence-corrected chi connectivity index (χ0v) is 12.4. The molecule has 3 aromatic rings. The zero-order chi connectivity index (χ0) is 15.4. The van der Waals surface area contributed by atoms with Crippen molar-refractivity contribution in [1.29, 1.82) is 0 Å². The number of rotatable bonds is 5. The molecule has 2 aromatic carbocycles. The maximum Gasteiger partial charge on any atom is 0.251 e. The van der Waals surface area contributed by atoms with Gasteiger partial charge in [-0.1, -0.05) is 37.3 Å². The molecular weight excluding hydrogens is 276 g/mol. The average Bonchev–Trinajstić information content (AvgIpc) is 3.03. The fourth-order valence-electron chi connectivity index (χ4n) is 2.52. The molecule has 0 aliphatic rings. The Morgan fingerprint density at radius 2 is 1.91 bits per heavy atom. The van der Waals surface area contributed by atoms with Crippen molar-refractivity contribution in [2.75, 3.05) is 6.54 Å². The monoisotopic (exact) mass is 294 g/mol. The van der Waals surface area contributed by atoms with Gasteiger partial charge in [-0.15, -0.1) is 0 Å². The van der Waals surface area contributed by atoms with E-state index in [1.54, 1.807) is 18.2 Å². The topological polar surface area (TPSA) is 70.7 Å². The molecule has 0 saturated carbocycles. The first-order chi connectivity index (χ1) is 10.8. The molecule has 22 heavy (non-hydrogen) atoms. The summed E-state index contributed by atoms with van der Waals surface area (Å²) in [5.41, 5.74) is 3.30. The van der Waals surface area contributed by atoms with Gasteiger partial charge in [0, 0.05) is 18.0 Å². The van der Waals surface area contributed by atoms with Gasteiger partial charge in [0.25, 0.3) is 5.91 Å². The number of H-pyrrole nitrogens is 1. The van der Waals surface area contributed by atoms with Crippen molar-refractivity contribution < 1.29 is 4.79 Å². The minimum atomic E-state index is -0.0840. The van der Waals surface area contributed by atoms with Gasteiger partial charge < -0.3 is 5.32 Å². The molecule has 5 heteroatoms.